The molecule has 1 unspecified atom stereocenters. The van der Waals surface area contributed by atoms with Crippen molar-refractivity contribution in [3.05, 3.63) is 17.5 Å². The molecule has 2 rings (SSSR count). The van der Waals surface area contributed by atoms with Gasteiger partial charge in [-0.3, -0.25) is 9.48 Å². The summed E-state index contributed by atoms with van der Waals surface area (Å²) in [6.07, 6.45) is 4.84. The largest absolute Gasteiger partial charge is 0.391 e. The van der Waals surface area contributed by atoms with Crippen molar-refractivity contribution in [3.8, 4) is 0 Å². The molecule has 0 bridgehead atoms. The van der Waals surface area contributed by atoms with Crippen LogP contribution in [0.15, 0.2) is 6.20 Å². The Bertz CT molecular complexity index is 452. The number of carbonyl (C=O) groups is 1. The smallest absolute Gasteiger partial charge is 0.222 e. The highest BCUT2D eigenvalue weighted by Crippen LogP contribution is 2.32. The molecule has 1 aromatic rings. The van der Waals surface area contributed by atoms with Gasteiger partial charge in [-0.15, -0.1) is 0 Å². The first-order valence-electron chi connectivity index (χ1n) is 6.88. The second-order valence-electron chi connectivity index (χ2n) is 5.56. The van der Waals surface area contributed by atoms with Gasteiger partial charge in [0.25, 0.3) is 0 Å². The molecule has 0 aliphatic heterocycles. The maximum absolute atomic E-state index is 12.0. The first kappa shape index (κ1) is 14.1. The van der Waals surface area contributed by atoms with Gasteiger partial charge < -0.3 is 10.0 Å². The molecule has 1 N–H and O–H groups in total. The third kappa shape index (κ3) is 3.56. The van der Waals surface area contributed by atoms with Crippen molar-refractivity contribution in [2.45, 2.75) is 38.7 Å². The first-order valence-corrected chi connectivity index (χ1v) is 6.88. The molecule has 0 radical (unpaired) electrons. The van der Waals surface area contributed by atoms with E-state index in [2.05, 4.69) is 5.10 Å². The lowest BCUT2D eigenvalue weighted by Crippen LogP contribution is -2.35. The number of carbonyl (C=O) groups excluding carboxylic acids is 1. The standard InChI is InChI=1S/C14H23N3O2/c1-10-12(8-15-17(10)3)6-7-14(19)16(2)9-13(18)11-4-5-11/h8,11,13,18H,4-7,9H2,1-3H3. The second kappa shape index (κ2) is 5.74. The molecule has 1 amide bonds. The Morgan fingerprint density at radius 2 is 2.32 bits per heavy atom. The maximum atomic E-state index is 12.0. The van der Waals surface area contributed by atoms with E-state index in [0.29, 0.717) is 25.3 Å². The molecule has 5 heteroatoms. The Labute approximate surface area is 114 Å². The number of likely N-dealkylation sites (N-methyl/N-ethyl adjacent to an activating group) is 1. The van der Waals surface area contributed by atoms with E-state index in [4.69, 9.17) is 0 Å². The SMILES string of the molecule is Cc1c(CCC(=O)N(C)CC(O)C2CC2)cnn1C. The number of aromatic nitrogens is 2. The van der Waals surface area contributed by atoms with E-state index in [1.165, 1.54) is 0 Å². The second-order valence-corrected chi connectivity index (χ2v) is 5.56. The van der Waals surface area contributed by atoms with Crippen LogP contribution in [0.1, 0.15) is 30.5 Å². The summed E-state index contributed by atoms with van der Waals surface area (Å²) in [7, 11) is 3.67. The van der Waals surface area contributed by atoms with Crippen LogP contribution in [0.4, 0.5) is 0 Å². The van der Waals surface area contributed by atoms with Crippen LogP contribution in [-0.2, 0) is 18.3 Å². The van der Waals surface area contributed by atoms with Gasteiger partial charge in [-0.25, -0.2) is 0 Å². The van der Waals surface area contributed by atoms with Crippen molar-refractivity contribution in [1.82, 2.24) is 14.7 Å². The molecule has 1 fully saturated rings. The van der Waals surface area contributed by atoms with Crippen LogP contribution in [0.3, 0.4) is 0 Å². The summed E-state index contributed by atoms with van der Waals surface area (Å²) in [5.41, 5.74) is 2.22. The minimum absolute atomic E-state index is 0.0861. The molecule has 1 aromatic heterocycles. The highest BCUT2D eigenvalue weighted by atomic mass is 16.3. The number of hydrogen-bond donors (Lipinski definition) is 1. The summed E-state index contributed by atoms with van der Waals surface area (Å²) in [4.78, 5) is 13.6. The number of aliphatic hydroxyl groups excluding tert-OH is 1. The minimum atomic E-state index is -0.353. The van der Waals surface area contributed by atoms with Gasteiger partial charge in [0.2, 0.25) is 5.91 Å². The van der Waals surface area contributed by atoms with Crippen molar-refractivity contribution in [2.24, 2.45) is 13.0 Å². The highest BCUT2D eigenvalue weighted by Gasteiger charge is 2.31. The van der Waals surface area contributed by atoms with Gasteiger partial charge in [0, 0.05) is 32.8 Å². The fraction of sp³-hybridized carbons (Fsp3) is 0.714. The van der Waals surface area contributed by atoms with E-state index in [-0.39, 0.29) is 12.0 Å². The Balaban J connectivity index is 1.78. The summed E-state index contributed by atoms with van der Waals surface area (Å²) in [6.45, 7) is 2.46. The molecule has 0 aromatic carbocycles. The summed E-state index contributed by atoms with van der Waals surface area (Å²) < 4.78 is 1.82. The predicted octanol–water partition coefficient (Wildman–Crippen LogP) is 0.890. The van der Waals surface area contributed by atoms with Gasteiger partial charge in [-0.2, -0.15) is 5.10 Å². The van der Waals surface area contributed by atoms with Crippen molar-refractivity contribution in [1.29, 1.82) is 0 Å². The predicted molar refractivity (Wildman–Crippen MR) is 72.6 cm³/mol. The fourth-order valence-electron chi connectivity index (χ4n) is 2.23. The Morgan fingerprint density at radius 3 is 2.84 bits per heavy atom. The van der Waals surface area contributed by atoms with Crippen LogP contribution in [0.2, 0.25) is 0 Å². The molecule has 1 heterocycles. The lowest BCUT2D eigenvalue weighted by Gasteiger charge is -2.20. The first-order chi connectivity index (χ1) is 8.99. The minimum Gasteiger partial charge on any atom is -0.391 e. The van der Waals surface area contributed by atoms with E-state index < -0.39 is 0 Å². The van der Waals surface area contributed by atoms with Crippen molar-refractivity contribution in [3.63, 3.8) is 0 Å². The number of nitrogens with zero attached hydrogens (tertiary/aromatic N) is 3. The zero-order valence-electron chi connectivity index (χ0n) is 12.0. The van der Waals surface area contributed by atoms with E-state index in [1.807, 2.05) is 24.9 Å². The van der Waals surface area contributed by atoms with Gasteiger partial charge >= 0.3 is 0 Å². The molecule has 1 atom stereocenters. The lowest BCUT2D eigenvalue weighted by atomic mass is 10.1. The van der Waals surface area contributed by atoms with Crippen LogP contribution in [0, 0.1) is 12.8 Å². The van der Waals surface area contributed by atoms with Crippen molar-refractivity contribution in [2.75, 3.05) is 13.6 Å². The Morgan fingerprint density at radius 1 is 1.63 bits per heavy atom. The van der Waals surface area contributed by atoms with E-state index in [9.17, 15) is 9.90 Å². The number of hydrogen-bond acceptors (Lipinski definition) is 3. The summed E-state index contributed by atoms with van der Waals surface area (Å²) in [5.74, 6) is 0.499. The van der Waals surface area contributed by atoms with Gasteiger partial charge in [0.15, 0.2) is 0 Å². The van der Waals surface area contributed by atoms with Gasteiger partial charge in [0.1, 0.15) is 0 Å². The van der Waals surface area contributed by atoms with Gasteiger partial charge in [0.05, 0.1) is 12.3 Å². The lowest BCUT2D eigenvalue weighted by molar-refractivity contribution is -0.131. The molecule has 5 nitrogen and oxygen atoms in total. The van der Waals surface area contributed by atoms with Crippen molar-refractivity contribution < 1.29 is 9.90 Å². The average Bonchev–Trinajstić information content (AvgIpc) is 3.17. The zero-order chi connectivity index (χ0) is 14.0. The quantitative estimate of drug-likeness (QED) is 0.831. The van der Waals surface area contributed by atoms with E-state index in [0.717, 1.165) is 24.1 Å². The van der Waals surface area contributed by atoms with Gasteiger partial charge in [-0.1, -0.05) is 0 Å². The van der Waals surface area contributed by atoms with Crippen LogP contribution in [0.25, 0.3) is 0 Å². The van der Waals surface area contributed by atoms with Crippen LogP contribution >= 0.6 is 0 Å². The average molecular weight is 265 g/mol. The normalized spacial score (nSPS) is 16.4. The van der Waals surface area contributed by atoms with Gasteiger partial charge in [-0.05, 0) is 37.7 Å². The topological polar surface area (TPSA) is 58.4 Å². The summed E-state index contributed by atoms with van der Waals surface area (Å²) >= 11 is 0. The van der Waals surface area contributed by atoms with E-state index in [1.54, 1.807) is 11.9 Å². The zero-order valence-corrected chi connectivity index (χ0v) is 12.0. The van der Waals surface area contributed by atoms with Crippen LogP contribution in [-0.4, -0.2) is 45.4 Å². The molecular weight excluding hydrogens is 242 g/mol. The third-order valence-corrected chi connectivity index (χ3v) is 4.00. The molecule has 1 aliphatic rings. The molecule has 0 saturated heterocycles. The van der Waals surface area contributed by atoms with Crippen molar-refractivity contribution >= 4 is 5.91 Å². The fourth-order valence-corrected chi connectivity index (χ4v) is 2.23. The molecular formula is C14H23N3O2. The maximum Gasteiger partial charge on any atom is 0.222 e. The molecule has 0 spiro atoms. The van der Waals surface area contributed by atoms with E-state index >= 15 is 0 Å². The highest BCUT2D eigenvalue weighted by molar-refractivity contribution is 5.76. The number of amides is 1. The molecule has 19 heavy (non-hydrogen) atoms. The number of rotatable bonds is 6. The number of aryl methyl sites for hydroxylation is 2. The Hall–Kier alpha value is -1.36. The molecule has 106 valence electrons. The molecule has 1 saturated carbocycles. The third-order valence-electron chi connectivity index (χ3n) is 4.00. The van der Waals surface area contributed by atoms with Crippen LogP contribution in [0.5, 0.6) is 0 Å². The monoisotopic (exact) mass is 265 g/mol. The number of aliphatic hydroxyl groups is 1. The Kier molecular flexibility index (Phi) is 4.24. The summed E-state index contributed by atoms with van der Waals surface area (Å²) in [5, 5.41) is 14.0. The summed E-state index contributed by atoms with van der Waals surface area (Å²) in [6, 6.07) is 0. The molecule has 1 aliphatic carbocycles. The van der Waals surface area contributed by atoms with Crippen LogP contribution < -0.4 is 0 Å².